The molecule has 7 heteroatoms. The minimum Gasteiger partial charge on any atom is -0.455 e. The Kier molecular flexibility index (Phi) is 5.41. The van der Waals surface area contributed by atoms with Crippen LogP contribution < -0.4 is 5.56 Å². The topological polar surface area (TPSA) is 92.4 Å². The normalized spacial score (nSPS) is 21.9. The Morgan fingerprint density at radius 3 is 2.71 bits per heavy atom. The smallest absolute Gasteiger partial charge is 0.312 e. The molecule has 1 saturated carbocycles. The van der Waals surface area contributed by atoms with Gasteiger partial charge in [0.05, 0.1) is 17.5 Å². The average Bonchev–Trinajstić information content (AvgIpc) is 2.74. The van der Waals surface area contributed by atoms with E-state index >= 15 is 0 Å². The minimum absolute atomic E-state index is 0.0867. The van der Waals surface area contributed by atoms with Crippen molar-refractivity contribution in [1.82, 2.24) is 15.1 Å². The molecule has 0 bridgehead atoms. The predicted molar refractivity (Wildman–Crippen MR) is 104 cm³/mol. The highest BCUT2D eigenvalue weighted by molar-refractivity contribution is 5.87. The second-order valence-electron chi connectivity index (χ2n) is 7.72. The van der Waals surface area contributed by atoms with Gasteiger partial charge in [0.25, 0.3) is 11.5 Å². The van der Waals surface area contributed by atoms with E-state index in [1.54, 1.807) is 24.3 Å². The number of likely N-dealkylation sites (tertiary alicyclic amines) is 1. The number of nitrogens with one attached hydrogen (secondary N) is 1. The Bertz CT molecular complexity index is 937. The Balaban J connectivity index is 1.38. The molecule has 0 radical (unpaired) electrons. The molecule has 0 unspecified atom stereocenters. The molecule has 2 fully saturated rings. The Morgan fingerprint density at radius 1 is 1.11 bits per heavy atom. The average molecular weight is 383 g/mol. The molecule has 1 amide bonds. The number of aromatic amines is 1. The van der Waals surface area contributed by atoms with E-state index in [0.717, 1.165) is 25.8 Å². The predicted octanol–water partition coefficient (Wildman–Crippen LogP) is 2.19. The third kappa shape index (κ3) is 3.79. The van der Waals surface area contributed by atoms with Gasteiger partial charge in [-0.15, -0.1) is 0 Å². The summed E-state index contributed by atoms with van der Waals surface area (Å²) < 4.78 is 5.26. The quantitative estimate of drug-likeness (QED) is 0.817. The van der Waals surface area contributed by atoms with E-state index in [4.69, 9.17) is 4.74 Å². The minimum atomic E-state index is -0.518. The molecule has 1 aliphatic heterocycles. The number of carbonyl (C=O) groups excluding carboxylic acids is 2. The van der Waals surface area contributed by atoms with Crippen LogP contribution in [-0.2, 0) is 20.7 Å². The molecule has 148 valence electrons. The molecular weight excluding hydrogens is 358 g/mol. The van der Waals surface area contributed by atoms with E-state index in [0.29, 0.717) is 28.4 Å². The van der Waals surface area contributed by atoms with Crippen LogP contribution in [0.2, 0.25) is 0 Å². The number of H-pyrrole nitrogens is 1. The number of aromatic nitrogens is 2. The maximum atomic E-state index is 12.7. The van der Waals surface area contributed by atoms with Crippen LogP contribution in [0.1, 0.15) is 44.2 Å². The van der Waals surface area contributed by atoms with Gasteiger partial charge in [0.15, 0.2) is 6.61 Å². The lowest BCUT2D eigenvalue weighted by Gasteiger charge is -2.44. The molecule has 1 aliphatic carbocycles. The third-order valence-corrected chi connectivity index (χ3v) is 6.01. The molecule has 2 aromatic rings. The number of hydrogen-bond acceptors (Lipinski definition) is 5. The molecule has 0 spiro atoms. The van der Waals surface area contributed by atoms with Crippen molar-refractivity contribution in [3.05, 3.63) is 40.3 Å². The van der Waals surface area contributed by atoms with Crippen LogP contribution in [0.25, 0.3) is 10.8 Å². The van der Waals surface area contributed by atoms with Crippen LogP contribution in [0.15, 0.2) is 29.1 Å². The number of fused-ring (bicyclic) bond motifs is 2. The van der Waals surface area contributed by atoms with Crippen LogP contribution in [-0.4, -0.2) is 46.2 Å². The summed E-state index contributed by atoms with van der Waals surface area (Å²) in [7, 11) is 0. The number of amides is 1. The lowest BCUT2D eigenvalue weighted by Crippen LogP contribution is -2.50. The molecule has 1 saturated heterocycles. The van der Waals surface area contributed by atoms with Gasteiger partial charge in [-0.3, -0.25) is 14.4 Å². The summed E-state index contributed by atoms with van der Waals surface area (Å²) in [6.45, 7) is 0.521. The van der Waals surface area contributed by atoms with E-state index in [9.17, 15) is 14.4 Å². The van der Waals surface area contributed by atoms with Gasteiger partial charge < -0.3 is 9.64 Å². The van der Waals surface area contributed by atoms with Gasteiger partial charge in [0, 0.05) is 18.0 Å². The van der Waals surface area contributed by atoms with Crippen molar-refractivity contribution in [3.8, 4) is 0 Å². The largest absolute Gasteiger partial charge is 0.455 e. The Morgan fingerprint density at radius 2 is 1.86 bits per heavy atom. The lowest BCUT2D eigenvalue weighted by atomic mass is 9.78. The molecule has 1 aromatic carbocycles. The first-order valence-electron chi connectivity index (χ1n) is 10.0. The molecule has 7 nitrogen and oxygen atoms in total. The Labute approximate surface area is 163 Å². The fourth-order valence-corrected chi connectivity index (χ4v) is 4.65. The number of rotatable bonds is 4. The van der Waals surface area contributed by atoms with E-state index in [1.807, 2.05) is 4.90 Å². The van der Waals surface area contributed by atoms with E-state index in [2.05, 4.69) is 10.2 Å². The van der Waals surface area contributed by atoms with Crippen LogP contribution in [0.5, 0.6) is 0 Å². The number of hydrogen-bond donors (Lipinski definition) is 1. The molecular formula is C21H25N3O4. The summed E-state index contributed by atoms with van der Waals surface area (Å²) in [5.74, 6) is -0.0293. The zero-order chi connectivity index (χ0) is 19.5. The van der Waals surface area contributed by atoms with Gasteiger partial charge in [-0.1, -0.05) is 31.0 Å². The van der Waals surface area contributed by atoms with Gasteiger partial charge in [0.2, 0.25) is 0 Å². The van der Waals surface area contributed by atoms with Crippen molar-refractivity contribution in [2.24, 2.45) is 5.92 Å². The number of esters is 1. The molecule has 1 N–H and O–H groups in total. The molecule has 2 atom stereocenters. The molecule has 1 aromatic heterocycles. The third-order valence-electron chi connectivity index (χ3n) is 6.01. The van der Waals surface area contributed by atoms with Gasteiger partial charge in [-0.2, -0.15) is 5.10 Å². The zero-order valence-electron chi connectivity index (χ0n) is 15.9. The van der Waals surface area contributed by atoms with Crippen LogP contribution >= 0.6 is 0 Å². The highest BCUT2D eigenvalue weighted by atomic mass is 16.5. The first kappa shape index (κ1) is 18.7. The number of piperidine rings is 1. The summed E-state index contributed by atoms with van der Waals surface area (Å²) in [5.41, 5.74) is 0.146. The first-order chi connectivity index (χ1) is 13.6. The second kappa shape index (κ2) is 8.12. The standard InChI is InChI=1S/C21H25N3O4/c25-19(24-11-5-7-14-6-1-4-10-18(14)24)13-28-20(26)12-17-15-8-2-3-9-16(15)21(27)23-22-17/h2-3,8-9,14,18H,1,4-7,10-13H2,(H,23,27)/t14-,18-/m0/s1. The van der Waals surface area contributed by atoms with Gasteiger partial charge in [-0.05, 0) is 37.7 Å². The monoisotopic (exact) mass is 383 g/mol. The fourth-order valence-electron chi connectivity index (χ4n) is 4.65. The SMILES string of the molecule is O=C(Cc1n[nH]c(=O)c2ccccc12)OCC(=O)N1CCC[C@@H]2CCCC[C@@H]21. The maximum absolute atomic E-state index is 12.7. The summed E-state index contributed by atoms with van der Waals surface area (Å²) in [5, 5.41) is 7.49. The van der Waals surface area contributed by atoms with Crippen LogP contribution in [0, 0.1) is 5.92 Å². The van der Waals surface area contributed by atoms with Crippen molar-refractivity contribution < 1.29 is 14.3 Å². The van der Waals surface area contributed by atoms with Gasteiger partial charge in [-0.25, -0.2) is 5.10 Å². The number of ether oxygens (including phenoxy) is 1. The summed E-state index contributed by atoms with van der Waals surface area (Å²) in [6.07, 6.45) is 6.79. The molecule has 2 heterocycles. The van der Waals surface area contributed by atoms with Crippen molar-refractivity contribution >= 4 is 22.6 Å². The number of benzene rings is 1. The van der Waals surface area contributed by atoms with E-state index < -0.39 is 5.97 Å². The van der Waals surface area contributed by atoms with Crippen LogP contribution in [0.3, 0.4) is 0 Å². The fraction of sp³-hybridized carbons (Fsp3) is 0.524. The summed E-state index contributed by atoms with van der Waals surface area (Å²) in [6, 6.07) is 7.29. The highest BCUT2D eigenvalue weighted by Gasteiger charge is 2.35. The van der Waals surface area contributed by atoms with Crippen molar-refractivity contribution in [3.63, 3.8) is 0 Å². The first-order valence-corrected chi connectivity index (χ1v) is 10.0. The van der Waals surface area contributed by atoms with E-state index in [-0.39, 0.29) is 24.5 Å². The maximum Gasteiger partial charge on any atom is 0.312 e. The number of nitrogens with zero attached hydrogens (tertiary/aromatic N) is 2. The molecule has 28 heavy (non-hydrogen) atoms. The van der Waals surface area contributed by atoms with E-state index in [1.165, 1.54) is 19.3 Å². The lowest BCUT2D eigenvalue weighted by molar-refractivity contribution is -0.154. The summed E-state index contributed by atoms with van der Waals surface area (Å²) in [4.78, 5) is 38.7. The van der Waals surface area contributed by atoms with Gasteiger partial charge in [0.1, 0.15) is 0 Å². The second-order valence-corrected chi connectivity index (χ2v) is 7.72. The molecule has 4 rings (SSSR count). The molecule has 2 aliphatic rings. The zero-order valence-corrected chi connectivity index (χ0v) is 15.9. The number of carbonyl (C=O) groups is 2. The van der Waals surface area contributed by atoms with Crippen LogP contribution in [0.4, 0.5) is 0 Å². The van der Waals surface area contributed by atoms with Crippen molar-refractivity contribution in [2.75, 3.05) is 13.2 Å². The van der Waals surface area contributed by atoms with Crippen molar-refractivity contribution in [1.29, 1.82) is 0 Å². The summed E-state index contributed by atoms with van der Waals surface area (Å²) >= 11 is 0. The van der Waals surface area contributed by atoms with Crippen molar-refractivity contribution in [2.45, 2.75) is 51.0 Å². The van der Waals surface area contributed by atoms with Gasteiger partial charge >= 0.3 is 5.97 Å². The Hall–Kier alpha value is -2.70. The highest BCUT2D eigenvalue weighted by Crippen LogP contribution is 2.35.